The van der Waals surface area contributed by atoms with E-state index in [9.17, 15) is 9.59 Å². The fourth-order valence-corrected chi connectivity index (χ4v) is 4.92. The lowest BCUT2D eigenvalue weighted by molar-refractivity contribution is -0.130. The number of hydrogen-bond donors (Lipinski definition) is 1. The van der Waals surface area contributed by atoms with Crippen molar-refractivity contribution in [3.63, 3.8) is 0 Å². The second kappa shape index (κ2) is 8.99. The number of amidine groups is 2. The lowest BCUT2D eigenvalue weighted by atomic mass is 10.1. The van der Waals surface area contributed by atoms with E-state index >= 15 is 0 Å². The van der Waals surface area contributed by atoms with E-state index in [0.717, 1.165) is 49.7 Å². The lowest BCUT2D eigenvalue weighted by Gasteiger charge is -2.26. The van der Waals surface area contributed by atoms with Gasteiger partial charge in [0.1, 0.15) is 16.6 Å². The Morgan fingerprint density at radius 3 is 2.82 bits per heavy atom. The number of hydrogen-bond acceptors (Lipinski definition) is 6. The van der Waals surface area contributed by atoms with E-state index in [1.54, 1.807) is 24.3 Å². The minimum absolute atomic E-state index is 0.0131. The van der Waals surface area contributed by atoms with E-state index in [0.29, 0.717) is 26.8 Å². The van der Waals surface area contributed by atoms with Gasteiger partial charge in [-0.1, -0.05) is 23.7 Å². The van der Waals surface area contributed by atoms with Crippen molar-refractivity contribution in [3.8, 4) is 11.3 Å². The predicted molar refractivity (Wildman–Crippen MR) is 129 cm³/mol. The molecule has 0 saturated carbocycles. The smallest absolute Gasteiger partial charge is 0.283 e. The first-order valence-electron chi connectivity index (χ1n) is 10.6. The van der Waals surface area contributed by atoms with E-state index in [1.807, 2.05) is 17.0 Å². The van der Waals surface area contributed by atoms with Crippen molar-refractivity contribution in [3.05, 3.63) is 52.8 Å². The third-order valence-electron chi connectivity index (χ3n) is 5.53. The number of furan rings is 1. The van der Waals surface area contributed by atoms with Gasteiger partial charge in [0.05, 0.1) is 12.0 Å². The van der Waals surface area contributed by atoms with Gasteiger partial charge < -0.3 is 9.32 Å². The van der Waals surface area contributed by atoms with Crippen LogP contribution < -0.4 is 0 Å². The van der Waals surface area contributed by atoms with Gasteiger partial charge in [0, 0.05) is 23.7 Å². The number of nitrogens with one attached hydrogen (secondary N) is 1. The molecular weight excluding hydrogens is 462 g/mol. The van der Waals surface area contributed by atoms with Crippen LogP contribution in [0.1, 0.15) is 31.4 Å². The van der Waals surface area contributed by atoms with Gasteiger partial charge >= 0.3 is 0 Å². The highest BCUT2D eigenvalue weighted by atomic mass is 35.5. The van der Waals surface area contributed by atoms with E-state index in [-0.39, 0.29) is 23.7 Å². The molecule has 4 heterocycles. The zero-order chi connectivity index (χ0) is 22.9. The molecule has 0 aliphatic carbocycles. The molecule has 0 unspecified atom stereocenters. The summed E-state index contributed by atoms with van der Waals surface area (Å²) in [5.41, 5.74) is 0.875. The number of carbonyl (C=O) groups excluding carboxylic acids is 2. The molecule has 3 aliphatic heterocycles. The second-order valence-corrected chi connectivity index (χ2v) is 9.32. The number of amides is 2. The Bertz CT molecular complexity index is 1240. The lowest BCUT2D eigenvalue weighted by Crippen LogP contribution is -2.36. The molecule has 33 heavy (non-hydrogen) atoms. The molecule has 5 rings (SSSR count). The first-order valence-corrected chi connectivity index (χ1v) is 11.8. The number of benzene rings is 1. The Morgan fingerprint density at radius 2 is 2.03 bits per heavy atom. The van der Waals surface area contributed by atoms with E-state index in [2.05, 4.69) is 10.1 Å². The molecule has 1 aromatic heterocycles. The SMILES string of the molecule is N=C1C(=Cc2ccc(-c3cccc(Cl)c3)o2)C(=O)N=C2SC(CC(=O)N3CCCCC3)=NN12. The van der Waals surface area contributed by atoms with Gasteiger partial charge in [-0.3, -0.25) is 15.0 Å². The molecule has 0 spiro atoms. The van der Waals surface area contributed by atoms with E-state index < -0.39 is 5.91 Å². The van der Waals surface area contributed by atoms with Gasteiger partial charge in [-0.05, 0) is 61.4 Å². The maximum atomic E-state index is 12.6. The van der Waals surface area contributed by atoms with Gasteiger partial charge in [-0.2, -0.15) is 15.1 Å². The van der Waals surface area contributed by atoms with Crippen molar-refractivity contribution in [2.75, 3.05) is 13.1 Å². The Labute approximate surface area is 199 Å². The summed E-state index contributed by atoms with van der Waals surface area (Å²) in [6.45, 7) is 1.53. The molecule has 1 saturated heterocycles. The van der Waals surface area contributed by atoms with Crippen LogP contribution in [0.5, 0.6) is 0 Å². The topological polar surface area (TPSA) is 102 Å². The maximum absolute atomic E-state index is 12.6. The molecule has 2 amide bonds. The van der Waals surface area contributed by atoms with Gasteiger partial charge in [-0.25, -0.2) is 0 Å². The summed E-state index contributed by atoms with van der Waals surface area (Å²) in [5.74, 6) is 0.376. The zero-order valence-electron chi connectivity index (χ0n) is 17.6. The number of nitrogens with zero attached hydrogens (tertiary/aromatic N) is 4. The van der Waals surface area contributed by atoms with Crippen LogP contribution in [0.25, 0.3) is 17.4 Å². The Morgan fingerprint density at radius 1 is 1.21 bits per heavy atom. The van der Waals surface area contributed by atoms with Crippen molar-refractivity contribution >= 4 is 57.3 Å². The van der Waals surface area contributed by atoms with E-state index in [1.165, 1.54) is 11.1 Å². The Hall–Kier alpha value is -3.17. The molecule has 1 aromatic carbocycles. The summed E-state index contributed by atoms with van der Waals surface area (Å²) in [7, 11) is 0. The standard InChI is InChI=1S/C23H20ClN5O3S/c24-15-6-4-5-14(11-15)18-8-7-16(32-18)12-17-21(25)29-23(26-22(17)31)33-19(27-29)13-20(30)28-9-2-1-3-10-28/h4-8,11-12,25H,1-3,9-10,13H2. The van der Waals surface area contributed by atoms with Gasteiger partial charge in [0.15, 0.2) is 5.84 Å². The third kappa shape index (κ3) is 4.51. The maximum Gasteiger partial charge on any atom is 0.283 e. The highest BCUT2D eigenvalue weighted by molar-refractivity contribution is 8.27. The van der Waals surface area contributed by atoms with Crippen LogP contribution in [-0.2, 0) is 9.59 Å². The molecule has 3 aliphatic rings. The summed E-state index contributed by atoms with van der Waals surface area (Å²) in [6, 6.07) is 10.7. The van der Waals surface area contributed by atoms with Crippen LogP contribution in [0.2, 0.25) is 5.02 Å². The average molecular weight is 482 g/mol. The molecule has 0 atom stereocenters. The summed E-state index contributed by atoms with van der Waals surface area (Å²) < 4.78 is 5.83. The number of piperidine rings is 1. The number of rotatable bonds is 4. The molecule has 2 aromatic rings. The summed E-state index contributed by atoms with van der Waals surface area (Å²) >= 11 is 7.21. The van der Waals surface area contributed by atoms with E-state index in [4.69, 9.17) is 21.4 Å². The Kier molecular flexibility index (Phi) is 5.90. The van der Waals surface area contributed by atoms with Crippen molar-refractivity contribution in [2.45, 2.75) is 25.7 Å². The Balaban J connectivity index is 1.33. The third-order valence-corrected chi connectivity index (χ3v) is 6.67. The predicted octanol–water partition coefficient (Wildman–Crippen LogP) is 4.62. The van der Waals surface area contributed by atoms with Crippen LogP contribution in [0, 0.1) is 5.41 Å². The normalized spacial score (nSPS) is 19.6. The second-order valence-electron chi connectivity index (χ2n) is 7.84. The summed E-state index contributed by atoms with van der Waals surface area (Å²) in [6.07, 6.45) is 4.80. The van der Waals surface area contributed by atoms with Gasteiger partial charge in [-0.15, -0.1) is 0 Å². The molecule has 168 valence electrons. The first-order chi connectivity index (χ1) is 16.0. The number of hydrazone groups is 1. The quantitative estimate of drug-likeness (QED) is 0.642. The largest absolute Gasteiger partial charge is 0.457 e. The molecule has 10 heteroatoms. The number of likely N-dealkylation sites (tertiary alicyclic amines) is 1. The minimum atomic E-state index is -0.543. The summed E-state index contributed by atoms with van der Waals surface area (Å²) in [4.78, 5) is 31.1. The van der Waals surface area contributed by atoms with Crippen LogP contribution >= 0.6 is 23.4 Å². The number of thioether (sulfide) groups is 1. The van der Waals surface area contributed by atoms with Crippen LogP contribution in [0.4, 0.5) is 0 Å². The number of aliphatic imine (C=N–C) groups is 1. The zero-order valence-corrected chi connectivity index (χ0v) is 19.2. The van der Waals surface area contributed by atoms with Crippen molar-refractivity contribution in [2.24, 2.45) is 10.1 Å². The fourth-order valence-electron chi connectivity index (χ4n) is 3.86. The highest BCUT2D eigenvalue weighted by Gasteiger charge is 2.36. The number of halogens is 1. The van der Waals surface area contributed by atoms with Crippen molar-refractivity contribution in [1.29, 1.82) is 5.41 Å². The molecule has 0 bridgehead atoms. The fraction of sp³-hybridized carbons (Fsp3) is 0.261. The summed E-state index contributed by atoms with van der Waals surface area (Å²) in [5, 5.41) is 15.6. The molecule has 1 N–H and O–H groups in total. The van der Waals surface area contributed by atoms with Gasteiger partial charge in [0.25, 0.3) is 5.91 Å². The molecular formula is C23H20ClN5O3S. The monoisotopic (exact) mass is 481 g/mol. The van der Waals surface area contributed by atoms with Crippen molar-refractivity contribution in [1.82, 2.24) is 9.91 Å². The first kappa shape index (κ1) is 21.7. The van der Waals surface area contributed by atoms with Crippen molar-refractivity contribution < 1.29 is 14.0 Å². The van der Waals surface area contributed by atoms with Gasteiger partial charge in [0.2, 0.25) is 11.1 Å². The molecule has 8 nitrogen and oxygen atoms in total. The van der Waals surface area contributed by atoms with Crippen LogP contribution in [0.15, 0.2) is 56.5 Å². The average Bonchev–Trinajstić information content (AvgIpc) is 3.44. The molecule has 1 fully saturated rings. The van der Waals surface area contributed by atoms with Crippen LogP contribution in [0.3, 0.4) is 0 Å². The van der Waals surface area contributed by atoms with Crippen LogP contribution in [-0.4, -0.2) is 50.9 Å². The highest BCUT2D eigenvalue weighted by Crippen LogP contribution is 2.31. The minimum Gasteiger partial charge on any atom is -0.457 e. The molecule has 0 radical (unpaired) electrons. The number of fused-ring (bicyclic) bond motifs is 1. The number of carbonyl (C=O) groups is 2.